The maximum atomic E-state index is 10.8. The average Bonchev–Trinajstić information content (AvgIpc) is 3.62. The van der Waals surface area contributed by atoms with Crippen LogP contribution in [0.5, 0.6) is 0 Å². The first-order valence-corrected chi connectivity index (χ1v) is 17.8. The fourth-order valence-electron chi connectivity index (χ4n) is 4.69. The first kappa shape index (κ1) is 38.9. The maximum absolute atomic E-state index is 10.8. The Labute approximate surface area is 307 Å². The van der Waals surface area contributed by atoms with Gasteiger partial charge in [-0.2, -0.15) is 10.2 Å². The van der Waals surface area contributed by atoms with Gasteiger partial charge in [0.15, 0.2) is 11.6 Å². The number of hydrogen-bond acceptors (Lipinski definition) is 12. The van der Waals surface area contributed by atoms with Crippen LogP contribution in [0.2, 0.25) is 15.7 Å². The lowest BCUT2D eigenvalue weighted by molar-refractivity contribution is 0.0529. The first-order valence-electron chi connectivity index (χ1n) is 16.7. The summed E-state index contributed by atoms with van der Waals surface area (Å²) in [5.74, 6) is 4.60. The Hall–Kier alpha value is -3.92. The zero-order valence-electron chi connectivity index (χ0n) is 28.7. The van der Waals surface area contributed by atoms with Crippen molar-refractivity contribution in [1.29, 1.82) is 0 Å². The molecule has 1 amide bonds. The highest BCUT2D eigenvalue weighted by atomic mass is 35.5. The van der Waals surface area contributed by atoms with Gasteiger partial charge in [0.05, 0.1) is 0 Å². The standard InChI is InChI=1S/C14H19ClN6.C11H11Cl2N5.C7H16N2O2/c1-2-6-16-11-8-12(19-14(15)18-11)17-13-7-10(20-21-13)9-4-3-5-9;12-8-5-9(16-11(13)14-8)15-10-4-7(17-18-10)6-2-1-3-6;1-7(2,3)11-6(10)9-5-4-8/h7-9H,2-6H2,1H3,(H3,16,17,18,19,20,21);4-6H,1-3H2,(H2,14,15,16,17,18);4-5,8H2,1-3H3,(H,9,10). The van der Waals surface area contributed by atoms with Gasteiger partial charge < -0.3 is 31.7 Å². The summed E-state index contributed by atoms with van der Waals surface area (Å²) in [5, 5.41) is 27.1. The van der Waals surface area contributed by atoms with Gasteiger partial charge in [0.1, 0.15) is 28.2 Å². The number of ether oxygens (including phenoxy) is 1. The summed E-state index contributed by atoms with van der Waals surface area (Å²) in [6, 6.07) is 7.47. The molecule has 18 heteroatoms. The number of nitrogens with one attached hydrogen (secondary N) is 6. The number of halogens is 3. The number of anilines is 5. The van der Waals surface area contributed by atoms with E-state index in [0.29, 0.717) is 53.3 Å². The highest BCUT2D eigenvalue weighted by Crippen LogP contribution is 2.37. The zero-order valence-corrected chi connectivity index (χ0v) is 31.0. The molecule has 15 nitrogen and oxygen atoms in total. The molecule has 0 spiro atoms. The summed E-state index contributed by atoms with van der Waals surface area (Å²) < 4.78 is 4.93. The molecule has 0 radical (unpaired) electrons. The van der Waals surface area contributed by atoms with Crippen LogP contribution in [0.15, 0.2) is 24.3 Å². The Bertz CT molecular complexity index is 1630. The van der Waals surface area contributed by atoms with Crippen LogP contribution < -0.4 is 27.0 Å². The normalized spacial score (nSPS) is 14.2. The number of aromatic amines is 2. The predicted octanol–water partition coefficient (Wildman–Crippen LogP) is 7.67. The van der Waals surface area contributed by atoms with Crippen LogP contribution >= 0.6 is 34.8 Å². The van der Waals surface area contributed by atoms with Crippen molar-refractivity contribution < 1.29 is 9.53 Å². The van der Waals surface area contributed by atoms with Crippen molar-refractivity contribution in [2.75, 3.05) is 35.6 Å². The molecule has 2 saturated carbocycles. The van der Waals surface area contributed by atoms with E-state index in [9.17, 15) is 4.79 Å². The Kier molecular flexibility index (Phi) is 14.7. The number of nitrogens with zero attached hydrogens (tertiary/aromatic N) is 6. The summed E-state index contributed by atoms with van der Waals surface area (Å²) in [7, 11) is 0. The molecule has 50 heavy (non-hydrogen) atoms. The molecule has 4 aromatic rings. The smallest absolute Gasteiger partial charge is 0.407 e. The van der Waals surface area contributed by atoms with Crippen molar-refractivity contribution in [1.82, 2.24) is 45.6 Å². The molecule has 8 N–H and O–H groups in total. The van der Waals surface area contributed by atoms with E-state index in [1.165, 1.54) is 44.2 Å². The number of nitrogens with two attached hydrogens (primary N) is 1. The lowest BCUT2D eigenvalue weighted by Gasteiger charge is -2.23. The molecule has 0 saturated heterocycles. The largest absolute Gasteiger partial charge is 0.444 e. The van der Waals surface area contributed by atoms with Crippen LogP contribution in [-0.4, -0.2) is 71.7 Å². The van der Waals surface area contributed by atoms with Crippen molar-refractivity contribution in [3.05, 3.63) is 51.4 Å². The molecule has 2 fully saturated rings. The molecule has 0 atom stereocenters. The van der Waals surface area contributed by atoms with Gasteiger partial charge in [-0.05, 0) is 76.1 Å². The Morgan fingerprint density at radius 3 is 1.78 bits per heavy atom. The number of carbonyl (C=O) groups excluding carboxylic acids is 1. The molecular formula is C32H46Cl3N13O2. The minimum Gasteiger partial charge on any atom is -0.444 e. The van der Waals surface area contributed by atoms with Crippen LogP contribution in [0.3, 0.4) is 0 Å². The molecule has 4 heterocycles. The summed E-state index contributed by atoms with van der Waals surface area (Å²) in [5.41, 5.74) is 7.09. The second kappa shape index (κ2) is 18.9. The van der Waals surface area contributed by atoms with Crippen molar-refractivity contribution in [2.45, 2.75) is 90.1 Å². The molecule has 2 aliphatic carbocycles. The number of alkyl carbamates (subject to hydrolysis) is 1. The Balaban J connectivity index is 0.000000177. The summed E-state index contributed by atoms with van der Waals surface area (Å²) in [4.78, 5) is 27.0. The SMILES string of the molecule is CC(C)(C)OC(=O)NCCN.CCCNc1cc(Nc2cc(C3CCC3)[nH]n2)nc(Cl)n1.Clc1cc(Nc2cc(C3CCC3)[nH]n2)nc(Cl)n1. The van der Waals surface area contributed by atoms with Gasteiger partial charge >= 0.3 is 6.09 Å². The molecule has 272 valence electrons. The van der Waals surface area contributed by atoms with Crippen LogP contribution in [0.25, 0.3) is 0 Å². The molecule has 0 aliphatic heterocycles. The zero-order chi connectivity index (χ0) is 36.1. The highest BCUT2D eigenvalue weighted by molar-refractivity contribution is 6.32. The molecule has 0 bridgehead atoms. The number of carbonyl (C=O) groups is 1. The fraction of sp³-hybridized carbons (Fsp3) is 0.531. The lowest BCUT2D eigenvalue weighted by Crippen LogP contribution is -2.35. The molecule has 4 aromatic heterocycles. The van der Waals surface area contributed by atoms with Crippen molar-refractivity contribution >= 4 is 70.0 Å². The third-order valence-corrected chi connectivity index (χ3v) is 8.06. The average molecular weight is 751 g/mol. The van der Waals surface area contributed by atoms with E-state index < -0.39 is 11.7 Å². The van der Waals surface area contributed by atoms with Crippen molar-refractivity contribution in [2.24, 2.45) is 5.73 Å². The van der Waals surface area contributed by atoms with Gasteiger partial charge in [0.25, 0.3) is 0 Å². The van der Waals surface area contributed by atoms with Crippen molar-refractivity contribution in [3.63, 3.8) is 0 Å². The topological polar surface area (TPSA) is 209 Å². The Morgan fingerprint density at radius 1 is 0.800 bits per heavy atom. The molecule has 0 unspecified atom stereocenters. The van der Waals surface area contributed by atoms with Crippen LogP contribution in [0.4, 0.5) is 33.9 Å². The molecule has 2 aliphatic rings. The van der Waals surface area contributed by atoms with E-state index in [1.54, 1.807) is 6.07 Å². The first-order chi connectivity index (χ1) is 23.9. The van der Waals surface area contributed by atoms with E-state index in [2.05, 4.69) is 68.5 Å². The molecule has 0 aromatic carbocycles. The van der Waals surface area contributed by atoms with E-state index in [1.807, 2.05) is 39.0 Å². The third kappa shape index (κ3) is 13.1. The van der Waals surface area contributed by atoms with Gasteiger partial charge in [0.2, 0.25) is 10.6 Å². The van der Waals surface area contributed by atoms with Crippen LogP contribution in [0, 0.1) is 0 Å². The van der Waals surface area contributed by atoms with Gasteiger partial charge in [0, 0.05) is 67.1 Å². The Morgan fingerprint density at radius 2 is 1.32 bits per heavy atom. The predicted molar refractivity (Wildman–Crippen MR) is 198 cm³/mol. The van der Waals surface area contributed by atoms with E-state index in [4.69, 9.17) is 45.3 Å². The van der Waals surface area contributed by atoms with Gasteiger partial charge in [-0.1, -0.05) is 31.4 Å². The van der Waals surface area contributed by atoms with Crippen molar-refractivity contribution in [3.8, 4) is 0 Å². The summed E-state index contributed by atoms with van der Waals surface area (Å²) in [6.07, 6.45) is 8.15. The quantitative estimate of drug-likeness (QED) is 0.0582. The lowest BCUT2D eigenvalue weighted by atomic mass is 9.83. The van der Waals surface area contributed by atoms with E-state index >= 15 is 0 Å². The number of aromatic nitrogens is 8. The number of H-pyrrole nitrogens is 2. The highest BCUT2D eigenvalue weighted by Gasteiger charge is 2.22. The minimum absolute atomic E-state index is 0.111. The van der Waals surface area contributed by atoms with Crippen LogP contribution in [-0.2, 0) is 4.74 Å². The summed E-state index contributed by atoms with van der Waals surface area (Å²) >= 11 is 17.5. The van der Waals surface area contributed by atoms with Gasteiger partial charge in [-0.3, -0.25) is 10.2 Å². The fourth-order valence-corrected chi connectivity index (χ4v) is 5.28. The molecular weight excluding hydrogens is 705 g/mol. The second-order valence-corrected chi connectivity index (χ2v) is 13.9. The number of rotatable bonds is 11. The molecule has 6 rings (SSSR count). The monoisotopic (exact) mass is 749 g/mol. The number of amides is 1. The van der Waals surface area contributed by atoms with E-state index in [-0.39, 0.29) is 10.6 Å². The van der Waals surface area contributed by atoms with Gasteiger partial charge in [-0.15, -0.1) is 0 Å². The summed E-state index contributed by atoms with van der Waals surface area (Å²) in [6.45, 7) is 9.27. The van der Waals surface area contributed by atoms with E-state index in [0.717, 1.165) is 24.5 Å². The third-order valence-electron chi connectivity index (χ3n) is 7.53. The number of hydrogen-bond donors (Lipinski definition) is 7. The van der Waals surface area contributed by atoms with Crippen LogP contribution in [0.1, 0.15) is 95.9 Å². The maximum Gasteiger partial charge on any atom is 0.407 e. The second-order valence-electron chi connectivity index (χ2n) is 12.8. The van der Waals surface area contributed by atoms with Gasteiger partial charge in [-0.25, -0.2) is 24.7 Å². The minimum atomic E-state index is -0.432.